The Morgan fingerprint density at radius 2 is 1.90 bits per heavy atom. The maximum absolute atomic E-state index is 5.62. The van der Waals surface area contributed by atoms with Crippen molar-refractivity contribution < 1.29 is 4.42 Å². The van der Waals surface area contributed by atoms with Gasteiger partial charge >= 0.3 is 0 Å². The highest BCUT2D eigenvalue weighted by Crippen LogP contribution is 2.27. The summed E-state index contributed by atoms with van der Waals surface area (Å²) in [5, 5.41) is 4.50. The molecule has 0 fully saturated rings. The van der Waals surface area contributed by atoms with Crippen molar-refractivity contribution in [2.24, 2.45) is 0 Å². The summed E-state index contributed by atoms with van der Waals surface area (Å²) < 4.78 is 6.45. The van der Waals surface area contributed by atoms with Crippen molar-refractivity contribution in [1.29, 1.82) is 0 Å². The molecule has 0 radical (unpaired) electrons. The van der Waals surface area contributed by atoms with Crippen LogP contribution in [0.5, 0.6) is 0 Å². The van der Waals surface area contributed by atoms with Gasteiger partial charge in [-0.25, -0.2) is 0 Å². The first-order chi connectivity index (χ1) is 9.67. The third-order valence-corrected chi connectivity index (χ3v) is 3.98. The number of aryl methyl sites for hydroxylation is 1. The molecule has 116 valence electrons. The summed E-state index contributed by atoms with van der Waals surface area (Å²) in [6, 6.07) is 6.00. The minimum absolute atomic E-state index is 0. The minimum Gasteiger partial charge on any atom is -0.464 e. The van der Waals surface area contributed by atoms with Crippen LogP contribution in [0.3, 0.4) is 0 Å². The Morgan fingerprint density at radius 3 is 2.57 bits per heavy atom. The van der Waals surface area contributed by atoms with Gasteiger partial charge in [0, 0.05) is 18.8 Å². The summed E-state index contributed by atoms with van der Waals surface area (Å²) >= 11 is 5.44. The molecule has 5 heteroatoms. The second-order valence-corrected chi connectivity index (χ2v) is 5.31. The van der Waals surface area contributed by atoms with Gasteiger partial charge in [-0.1, -0.05) is 32.1 Å². The monoisotopic (exact) mass is 326 g/mol. The Kier molecular flexibility index (Phi) is 7.15. The third kappa shape index (κ3) is 4.19. The Hall–Kier alpha value is -1.10. The van der Waals surface area contributed by atoms with E-state index >= 15 is 0 Å². The molecule has 0 bridgehead atoms. The van der Waals surface area contributed by atoms with Gasteiger partial charge in [-0.15, -0.1) is 12.4 Å². The van der Waals surface area contributed by atoms with E-state index < -0.39 is 0 Å². The zero-order chi connectivity index (χ0) is 14.5. The molecule has 1 aromatic heterocycles. The molecule has 0 spiro atoms. The molecule has 0 aliphatic heterocycles. The molecule has 0 unspecified atom stereocenters. The molecule has 2 aromatic rings. The summed E-state index contributed by atoms with van der Waals surface area (Å²) in [6.07, 6.45) is 1.66. The van der Waals surface area contributed by atoms with Gasteiger partial charge < -0.3 is 14.6 Å². The number of fused-ring (bicyclic) bond motifs is 1. The predicted molar refractivity (Wildman–Crippen MR) is 95.3 cm³/mol. The lowest BCUT2D eigenvalue weighted by molar-refractivity contribution is 0.316. The number of anilines is 1. The highest BCUT2D eigenvalue weighted by molar-refractivity contribution is 7.71. The van der Waals surface area contributed by atoms with Gasteiger partial charge in [0.2, 0.25) is 0 Å². The lowest BCUT2D eigenvalue weighted by atomic mass is 10.1. The quantitative estimate of drug-likeness (QED) is 0.782. The maximum Gasteiger partial charge on any atom is 0.140 e. The Balaban J connectivity index is 0.00000220. The molecule has 0 saturated heterocycles. The molecule has 0 aliphatic rings. The largest absolute Gasteiger partial charge is 0.464 e. The van der Waals surface area contributed by atoms with Crippen LogP contribution in [0.25, 0.3) is 11.0 Å². The molecule has 21 heavy (non-hydrogen) atoms. The van der Waals surface area contributed by atoms with E-state index in [1.54, 1.807) is 6.26 Å². The number of nitrogens with zero attached hydrogens (tertiary/aromatic N) is 1. The first kappa shape index (κ1) is 18.0. The fourth-order valence-electron chi connectivity index (χ4n) is 2.37. The average molecular weight is 327 g/mol. The summed E-state index contributed by atoms with van der Waals surface area (Å²) in [4.78, 5) is 2.39. The molecule has 0 saturated carbocycles. The molecular formula is C16H23ClN2OS. The van der Waals surface area contributed by atoms with E-state index in [1.807, 2.05) is 13.0 Å². The van der Waals surface area contributed by atoms with Crippen LogP contribution >= 0.6 is 24.6 Å². The molecular weight excluding hydrogens is 304 g/mol. The summed E-state index contributed by atoms with van der Waals surface area (Å²) in [6.45, 7) is 10.5. The van der Waals surface area contributed by atoms with Crippen LogP contribution in [-0.4, -0.2) is 31.1 Å². The van der Waals surface area contributed by atoms with Gasteiger partial charge in [0.25, 0.3) is 0 Å². The molecule has 1 aromatic carbocycles. The summed E-state index contributed by atoms with van der Waals surface area (Å²) in [5.41, 5.74) is 3.05. The van der Waals surface area contributed by atoms with E-state index in [0.29, 0.717) is 0 Å². The number of benzene rings is 1. The SMILES string of the molecule is CCN(CC)CCNc1ccc(C)c2occc(=S)c12.Cl. The lowest BCUT2D eigenvalue weighted by Crippen LogP contribution is -2.28. The third-order valence-electron chi connectivity index (χ3n) is 3.64. The molecule has 2 rings (SSSR count). The van der Waals surface area contributed by atoms with Crippen molar-refractivity contribution in [1.82, 2.24) is 4.90 Å². The van der Waals surface area contributed by atoms with Gasteiger partial charge in [0.1, 0.15) is 5.58 Å². The fourth-order valence-corrected chi connectivity index (χ4v) is 2.62. The molecule has 3 nitrogen and oxygen atoms in total. The van der Waals surface area contributed by atoms with Gasteiger partial charge in [-0.3, -0.25) is 0 Å². The molecule has 0 aliphatic carbocycles. The summed E-state index contributed by atoms with van der Waals surface area (Å²) in [7, 11) is 0. The fraction of sp³-hybridized carbons (Fsp3) is 0.438. The van der Waals surface area contributed by atoms with E-state index in [9.17, 15) is 0 Å². The Labute approximate surface area is 137 Å². The number of rotatable bonds is 6. The van der Waals surface area contributed by atoms with E-state index in [0.717, 1.165) is 52.9 Å². The summed E-state index contributed by atoms with van der Waals surface area (Å²) in [5.74, 6) is 0. The number of likely N-dealkylation sites (N-methyl/N-ethyl adjacent to an activating group) is 1. The molecule has 1 heterocycles. The highest BCUT2D eigenvalue weighted by atomic mass is 35.5. The van der Waals surface area contributed by atoms with Gasteiger partial charge in [-0.05, 0) is 37.7 Å². The van der Waals surface area contributed by atoms with E-state index in [1.165, 1.54) is 0 Å². The smallest absolute Gasteiger partial charge is 0.140 e. The Bertz CT molecular complexity index is 638. The van der Waals surface area contributed by atoms with Crippen LogP contribution in [0.2, 0.25) is 0 Å². The van der Waals surface area contributed by atoms with E-state index in [-0.39, 0.29) is 12.4 Å². The first-order valence-corrected chi connectivity index (χ1v) is 7.55. The van der Waals surface area contributed by atoms with Gasteiger partial charge in [0.15, 0.2) is 0 Å². The average Bonchev–Trinajstić information content (AvgIpc) is 2.46. The zero-order valence-electron chi connectivity index (χ0n) is 12.8. The van der Waals surface area contributed by atoms with Gasteiger partial charge in [0.05, 0.1) is 16.2 Å². The van der Waals surface area contributed by atoms with Crippen molar-refractivity contribution >= 4 is 41.3 Å². The predicted octanol–water partition coefficient (Wildman–Crippen LogP) is 4.65. The van der Waals surface area contributed by atoms with Crippen molar-refractivity contribution in [2.75, 3.05) is 31.5 Å². The number of nitrogens with one attached hydrogen (secondary N) is 1. The van der Waals surface area contributed by atoms with Crippen LogP contribution in [0, 0.1) is 11.4 Å². The molecule has 0 amide bonds. The maximum atomic E-state index is 5.62. The topological polar surface area (TPSA) is 28.4 Å². The number of hydrogen-bond acceptors (Lipinski definition) is 4. The van der Waals surface area contributed by atoms with E-state index in [2.05, 4.69) is 36.2 Å². The minimum atomic E-state index is 0. The zero-order valence-corrected chi connectivity index (χ0v) is 14.4. The number of halogens is 1. The second-order valence-electron chi connectivity index (χ2n) is 4.87. The first-order valence-electron chi connectivity index (χ1n) is 7.14. The number of hydrogen-bond donors (Lipinski definition) is 1. The molecule has 0 atom stereocenters. The van der Waals surface area contributed by atoms with E-state index in [4.69, 9.17) is 16.6 Å². The standard InChI is InChI=1S/C16H22N2OS.ClH/c1-4-18(5-2)10-9-17-13-7-6-12(3)16-15(13)14(20)8-11-19-16;/h6-8,11,17H,4-5,9-10H2,1-3H3;1H. The van der Waals surface area contributed by atoms with Crippen molar-refractivity contribution in [3.8, 4) is 0 Å². The van der Waals surface area contributed by atoms with Crippen LogP contribution in [-0.2, 0) is 0 Å². The van der Waals surface area contributed by atoms with Crippen LogP contribution < -0.4 is 5.32 Å². The van der Waals surface area contributed by atoms with Crippen LogP contribution in [0.1, 0.15) is 19.4 Å². The lowest BCUT2D eigenvalue weighted by Gasteiger charge is -2.19. The van der Waals surface area contributed by atoms with Crippen molar-refractivity contribution in [3.63, 3.8) is 0 Å². The van der Waals surface area contributed by atoms with Crippen molar-refractivity contribution in [2.45, 2.75) is 20.8 Å². The molecule has 1 N–H and O–H groups in total. The highest BCUT2D eigenvalue weighted by Gasteiger charge is 2.07. The Morgan fingerprint density at radius 1 is 1.19 bits per heavy atom. The van der Waals surface area contributed by atoms with Crippen molar-refractivity contribution in [3.05, 3.63) is 34.5 Å². The second kappa shape index (κ2) is 8.37. The van der Waals surface area contributed by atoms with Crippen LogP contribution in [0.4, 0.5) is 5.69 Å². The van der Waals surface area contributed by atoms with Crippen LogP contribution in [0.15, 0.2) is 28.9 Å². The van der Waals surface area contributed by atoms with Gasteiger partial charge in [-0.2, -0.15) is 0 Å². The normalized spacial score (nSPS) is 10.7.